The summed E-state index contributed by atoms with van der Waals surface area (Å²) in [5, 5.41) is 0. The average Bonchev–Trinajstić information content (AvgIpc) is 3.03. The lowest BCUT2D eigenvalue weighted by Gasteiger charge is -2.02. The van der Waals surface area contributed by atoms with Crippen molar-refractivity contribution < 1.29 is 19.1 Å². The molecule has 0 N–H and O–H groups in total. The van der Waals surface area contributed by atoms with Gasteiger partial charge in [0.05, 0.1) is 36.5 Å². The second-order valence-electron chi connectivity index (χ2n) is 5.49. The normalized spacial score (nSPS) is 11.2. The van der Waals surface area contributed by atoms with E-state index in [4.69, 9.17) is 11.2 Å². The number of carbonyl (C=O) groups is 2. The highest BCUT2D eigenvalue weighted by molar-refractivity contribution is 7.16. The third-order valence-corrected chi connectivity index (χ3v) is 4.93. The van der Waals surface area contributed by atoms with Crippen LogP contribution < -0.4 is 9.54 Å². The minimum absolute atomic E-state index is 0.291. The fraction of sp³-hybridized carbons (Fsp3) is 0.150. The average molecular weight is 380 g/mol. The quantitative estimate of drug-likeness (QED) is 0.516. The monoisotopic (exact) mass is 380 g/mol. The summed E-state index contributed by atoms with van der Waals surface area (Å²) in [6.07, 6.45) is 5.47. The number of hydrogen-bond donors (Lipinski definition) is 0. The molecule has 0 fully saturated rings. The number of rotatable bonds is 4. The first-order chi connectivity index (χ1) is 13.1. The summed E-state index contributed by atoms with van der Waals surface area (Å²) in [4.78, 5) is 28.8. The van der Waals surface area contributed by atoms with Crippen LogP contribution in [0.1, 0.15) is 20.7 Å². The smallest absolute Gasteiger partial charge is 0.337 e. The molecule has 0 spiro atoms. The second kappa shape index (κ2) is 7.89. The van der Waals surface area contributed by atoms with E-state index < -0.39 is 11.9 Å². The van der Waals surface area contributed by atoms with Crippen molar-refractivity contribution >= 4 is 33.4 Å². The summed E-state index contributed by atoms with van der Waals surface area (Å²) in [6, 6.07) is 11.7. The zero-order valence-electron chi connectivity index (χ0n) is 14.8. The summed E-state index contributed by atoms with van der Waals surface area (Å²) >= 11 is 1.35. The maximum absolute atomic E-state index is 12.6. The van der Waals surface area contributed by atoms with E-state index in [-0.39, 0.29) is 0 Å². The van der Waals surface area contributed by atoms with Gasteiger partial charge in [0.2, 0.25) is 0 Å². The van der Waals surface area contributed by atoms with Crippen LogP contribution in [0.5, 0.6) is 5.75 Å². The van der Waals surface area contributed by atoms with Crippen LogP contribution in [-0.4, -0.2) is 30.7 Å². The molecule has 1 heterocycles. The van der Waals surface area contributed by atoms with E-state index in [0.29, 0.717) is 28.2 Å². The largest absolute Gasteiger partial charge is 0.497 e. The van der Waals surface area contributed by atoms with Crippen molar-refractivity contribution in [3.05, 3.63) is 58.4 Å². The third kappa shape index (κ3) is 3.76. The van der Waals surface area contributed by atoms with Gasteiger partial charge >= 0.3 is 5.97 Å². The van der Waals surface area contributed by atoms with Gasteiger partial charge in [-0.05, 0) is 42.5 Å². The van der Waals surface area contributed by atoms with Gasteiger partial charge in [0.1, 0.15) is 5.75 Å². The van der Waals surface area contributed by atoms with Crippen molar-refractivity contribution in [3.8, 4) is 18.1 Å². The number of methoxy groups -OCH3 is 2. The van der Waals surface area contributed by atoms with E-state index in [1.54, 1.807) is 23.8 Å². The summed E-state index contributed by atoms with van der Waals surface area (Å²) in [7, 11) is 2.90. The molecule has 27 heavy (non-hydrogen) atoms. The molecule has 0 bridgehead atoms. The number of hydrogen-bond acceptors (Lipinski definition) is 5. The van der Waals surface area contributed by atoms with Gasteiger partial charge in [-0.15, -0.1) is 6.42 Å². The number of amides is 1. The summed E-state index contributed by atoms with van der Waals surface area (Å²) < 4.78 is 12.6. The minimum atomic E-state index is -0.462. The van der Waals surface area contributed by atoms with Crippen LogP contribution in [0.25, 0.3) is 10.2 Å². The van der Waals surface area contributed by atoms with Crippen LogP contribution in [-0.2, 0) is 11.3 Å². The molecule has 0 atom stereocenters. The first-order valence-corrected chi connectivity index (χ1v) is 8.77. The Balaban J connectivity index is 2.03. The van der Waals surface area contributed by atoms with Crippen LogP contribution in [0, 0.1) is 12.3 Å². The highest BCUT2D eigenvalue weighted by Gasteiger charge is 2.11. The van der Waals surface area contributed by atoms with Gasteiger partial charge in [0, 0.05) is 5.56 Å². The van der Waals surface area contributed by atoms with Crippen molar-refractivity contribution in [2.45, 2.75) is 6.54 Å². The molecule has 1 amide bonds. The van der Waals surface area contributed by atoms with Crippen LogP contribution in [0.4, 0.5) is 0 Å². The Morgan fingerprint density at radius 2 is 1.85 bits per heavy atom. The number of carbonyl (C=O) groups excluding carboxylic acids is 2. The van der Waals surface area contributed by atoms with Crippen LogP contribution in [0.15, 0.2) is 47.5 Å². The fourth-order valence-electron chi connectivity index (χ4n) is 2.53. The van der Waals surface area contributed by atoms with Crippen LogP contribution in [0.2, 0.25) is 0 Å². The highest BCUT2D eigenvalue weighted by Crippen LogP contribution is 2.23. The Morgan fingerprint density at radius 1 is 1.15 bits per heavy atom. The summed E-state index contributed by atoms with van der Waals surface area (Å²) in [5.74, 6) is 2.42. The predicted molar refractivity (Wildman–Crippen MR) is 103 cm³/mol. The number of terminal acetylenes is 1. The van der Waals surface area contributed by atoms with Crippen molar-refractivity contribution in [1.82, 2.24) is 4.57 Å². The molecule has 7 heteroatoms. The third-order valence-electron chi connectivity index (χ3n) is 3.89. The maximum atomic E-state index is 12.6. The molecular weight excluding hydrogens is 364 g/mol. The molecule has 3 aromatic rings. The van der Waals surface area contributed by atoms with Gasteiger partial charge in [-0.25, -0.2) is 4.79 Å². The SMILES string of the molecule is C#CCn1c(=NC(=O)c2ccc(C(=O)OC)cc2)sc2cc(OC)ccc21. The highest BCUT2D eigenvalue weighted by atomic mass is 32.1. The van der Waals surface area contributed by atoms with Gasteiger partial charge in [-0.1, -0.05) is 17.3 Å². The number of esters is 1. The number of thiazole rings is 1. The van der Waals surface area contributed by atoms with Gasteiger partial charge in [-0.3, -0.25) is 4.79 Å². The van der Waals surface area contributed by atoms with E-state index in [9.17, 15) is 9.59 Å². The molecule has 2 aromatic carbocycles. The molecule has 0 saturated carbocycles. The molecule has 0 aliphatic heterocycles. The first kappa shape index (κ1) is 18.4. The molecule has 0 aliphatic carbocycles. The molecule has 6 nitrogen and oxygen atoms in total. The Bertz CT molecular complexity index is 1120. The molecule has 1 aromatic heterocycles. The standard InChI is InChI=1S/C20H16N2O4S/c1-4-11-22-16-10-9-15(25-2)12-17(16)27-20(22)21-18(23)13-5-7-14(8-6-13)19(24)26-3/h1,5-10,12H,11H2,2-3H3. The Hall–Kier alpha value is -3.37. The first-order valence-electron chi connectivity index (χ1n) is 7.95. The molecular formula is C20H16N2O4S. The molecule has 0 saturated heterocycles. The number of nitrogens with zero attached hydrogens (tertiary/aromatic N) is 2. The van der Waals surface area contributed by atoms with Crippen LogP contribution >= 0.6 is 11.3 Å². The molecule has 0 aliphatic rings. The van der Waals surface area contributed by atoms with Gasteiger partial charge in [-0.2, -0.15) is 4.99 Å². The van der Waals surface area contributed by atoms with E-state index in [0.717, 1.165) is 10.2 Å². The minimum Gasteiger partial charge on any atom is -0.497 e. The Kier molecular flexibility index (Phi) is 5.38. The van der Waals surface area contributed by atoms with E-state index in [1.807, 2.05) is 18.2 Å². The molecule has 3 rings (SSSR count). The summed E-state index contributed by atoms with van der Waals surface area (Å²) in [5.41, 5.74) is 1.61. The van der Waals surface area contributed by atoms with E-state index >= 15 is 0 Å². The number of aromatic nitrogens is 1. The number of benzene rings is 2. The van der Waals surface area contributed by atoms with Gasteiger partial charge < -0.3 is 14.0 Å². The van der Waals surface area contributed by atoms with E-state index in [2.05, 4.69) is 15.6 Å². The Labute approximate surface area is 159 Å². The van der Waals surface area contributed by atoms with Crippen molar-refractivity contribution in [2.24, 2.45) is 4.99 Å². The zero-order chi connectivity index (χ0) is 19.4. The number of ether oxygens (including phenoxy) is 2. The Morgan fingerprint density at radius 3 is 2.48 bits per heavy atom. The predicted octanol–water partition coefficient (Wildman–Crippen LogP) is 2.87. The maximum Gasteiger partial charge on any atom is 0.337 e. The molecule has 0 unspecified atom stereocenters. The summed E-state index contributed by atoms with van der Waals surface area (Å²) in [6.45, 7) is 0.291. The second-order valence-corrected chi connectivity index (χ2v) is 6.50. The lowest BCUT2D eigenvalue weighted by atomic mass is 10.1. The van der Waals surface area contributed by atoms with Crippen molar-refractivity contribution in [1.29, 1.82) is 0 Å². The van der Waals surface area contributed by atoms with Crippen molar-refractivity contribution in [3.63, 3.8) is 0 Å². The lowest BCUT2D eigenvalue weighted by molar-refractivity contribution is 0.0600. The van der Waals surface area contributed by atoms with E-state index in [1.165, 1.54) is 30.6 Å². The van der Waals surface area contributed by atoms with Gasteiger partial charge in [0.15, 0.2) is 4.80 Å². The molecule has 136 valence electrons. The van der Waals surface area contributed by atoms with Crippen molar-refractivity contribution in [2.75, 3.05) is 14.2 Å². The van der Waals surface area contributed by atoms with Crippen LogP contribution in [0.3, 0.4) is 0 Å². The lowest BCUT2D eigenvalue weighted by Crippen LogP contribution is -2.16. The molecule has 0 radical (unpaired) electrons. The van der Waals surface area contributed by atoms with Gasteiger partial charge in [0.25, 0.3) is 5.91 Å². The fourth-order valence-corrected chi connectivity index (χ4v) is 3.58. The topological polar surface area (TPSA) is 69.9 Å². The zero-order valence-corrected chi connectivity index (χ0v) is 15.6. The number of fused-ring (bicyclic) bond motifs is 1.